The predicted molar refractivity (Wildman–Crippen MR) is 79.6 cm³/mol. The van der Waals surface area contributed by atoms with Crippen LogP contribution in [0.25, 0.3) is 11.0 Å². The van der Waals surface area contributed by atoms with Gasteiger partial charge in [-0.15, -0.1) is 0 Å². The van der Waals surface area contributed by atoms with Crippen molar-refractivity contribution in [2.75, 3.05) is 13.1 Å². The third-order valence-corrected chi connectivity index (χ3v) is 5.71. The standard InChI is InChI=1S/C15H17NO4S/c1-11-3-2-8-16(10-11)21(18,19)13-5-6-14-12(9-13)4-7-15(17)20-14/h4-7,9,11H,2-3,8,10H2,1H3/t11-/m1/s1. The molecule has 0 unspecified atom stereocenters. The van der Waals surface area contributed by atoms with Crippen LogP contribution < -0.4 is 5.63 Å². The molecule has 1 fully saturated rings. The molecular weight excluding hydrogens is 290 g/mol. The highest BCUT2D eigenvalue weighted by atomic mass is 32.2. The summed E-state index contributed by atoms with van der Waals surface area (Å²) in [5.74, 6) is 0.381. The van der Waals surface area contributed by atoms with Gasteiger partial charge in [-0.2, -0.15) is 4.31 Å². The van der Waals surface area contributed by atoms with Gasteiger partial charge in [-0.05, 0) is 43.0 Å². The molecule has 1 aliphatic rings. The van der Waals surface area contributed by atoms with Crippen molar-refractivity contribution in [3.63, 3.8) is 0 Å². The van der Waals surface area contributed by atoms with Crippen molar-refractivity contribution in [2.24, 2.45) is 5.92 Å². The zero-order valence-electron chi connectivity index (χ0n) is 11.8. The summed E-state index contributed by atoms with van der Waals surface area (Å²) in [6, 6.07) is 7.48. The van der Waals surface area contributed by atoms with E-state index < -0.39 is 15.6 Å². The normalized spacial score (nSPS) is 20.7. The Kier molecular flexibility index (Phi) is 3.59. The minimum absolute atomic E-state index is 0.248. The summed E-state index contributed by atoms with van der Waals surface area (Å²) in [5, 5.41) is 0.612. The fraction of sp³-hybridized carbons (Fsp3) is 0.400. The highest BCUT2D eigenvalue weighted by molar-refractivity contribution is 7.89. The van der Waals surface area contributed by atoms with Crippen molar-refractivity contribution in [3.05, 3.63) is 40.8 Å². The van der Waals surface area contributed by atoms with E-state index in [0.717, 1.165) is 12.8 Å². The SMILES string of the molecule is C[C@@H]1CCCN(S(=O)(=O)c2ccc3oc(=O)ccc3c2)C1. The molecule has 0 bridgehead atoms. The second kappa shape index (κ2) is 5.27. The molecule has 3 rings (SSSR count). The summed E-state index contributed by atoms with van der Waals surface area (Å²) < 4.78 is 31.9. The number of nitrogens with zero attached hydrogens (tertiary/aromatic N) is 1. The minimum atomic E-state index is -3.48. The molecular formula is C15H17NO4S. The fourth-order valence-electron chi connectivity index (χ4n) is 2.72. The Balaban J connectivity index is 2.02. The topological polar surface area (TPSA) is 67.6 Å². The third-order valence-electron chi connectivity index (χ3n) is 3.85. The lowest BCUT2D eigenvalue weighted by atomic mass is 10.0. The lowest BCUT2D eigenvalue weighted by Crippen LogP contribution is -2.39. The van der Waals surface area contributed by atoms with Crippen molar-refractivity contribution in [2.45, 2.75) is 24.7 Å². The molecule has 1 aromatic heterocycles. The van der Waals surface area contributed by atoms with E-state index in [1.807, 2.05) is 0 Å². The maximum Gasteiger partial charge on any atom is 0.336 e. The average Bonchev–Trinajstić information content (AvgIpc) is 2.46. The maximum absolute atomic E-state index is 12.7. The summed E-state index contributed by atoms with van der Waals surface area (Å²) in [7, 11) is -3.48. The fourth-order valence-corrected chi connectivity index (χ4v) is 4.36. The van der Waals surface area contributed by atoms with E-state index in [1.165, 1.54) is 18.2 Å². The Bertz CT molecular complexity index is 825. The quantitative estimate of drug-likeness (QED) is 0.798. The molecule has 112 valence electrons. The maximum atomic E-state index is 12.7. The summed E-state index contributed by atoms with van der Waals surface area (Å²) in [6.45, 7) is 3.19. The Labute approximate surface area is 123 Å². The second-order valence-corrected chi connectivity index (χ2v) is 7.50. The summed E-state index contributed by atoms with van der Waals surface area (Å²) in [5.41, 5.74) is -0.0450. The van der Waals surface area contributed by atoms with Crippen molar-refractivity contribution < 1.29 is 12.8 Å². The van der Waals surface area contributed by atoms with Crippen LogP contribution in [0.15, 0.2) is 44.4 Å². The van der Waals surface area contributed by atoms with E-state index in [9.17, 15) is 13.2 Å². The molecule has 0 N–H and O–H groups in total. The van der Waals surface area contributed by atoms with Crippen LogP contribution in [-0.4, -0.2) is 25.8 Å². The predicted octanol–water partition coefficient (Wildman–Crippen LogP) is 2.21. The van der Waals surface area contributed by atoms with Crippen LogP contribution in [0, 0.1) is 5.92 Å². The van der Waals surface area contributed by atoms with Gasteiger partial charge >= 0.3 is 5.63 Å². The molecule has 0 aliphatic carbocycles. The molecule has 1 aromatic carbocycles. The molecule has 21 heavy (non-hydrogen) atoms. The van der Waals surface area contributed by atoms with Gasteiger partial charge in [-0.3, -0.25) is 0 Å². The Morgan fingerprint density at radius 1 is 1.24 bits per heavy atom. The first-order chi connectivity index (χ1) is 9.96. The van der Waals surface area contributed by atoms with Gasteiger partial charge in [0.15, 0.2) is 0 Å². The second-order valence-electron chi connectivity index (χ2n) is 5.56. The van der Waals surface area contributed by atoms with Crippen LogP contribution in [0.1, 0.15) is 19.8 Å². The van der Waals surface area contributed by atoms with Gasteiger partial charge < -0.3 is 4.42 Å². The van der Waals surface area contributed by atoms with Gasteiger partial charge in [0, 0.05) is 24.5 Å². The number of rotatable bonds is 2. The molecule has 6 heteroatoms. The van der Waals surface area contributed by atoms with Gasteiger partial charge in [-0.25, -0.2) is 13.2 Å². The first kappa shape index (κ1) is 14.3. The first-order valence-corrected chi connectivity index (χ1v) is 8.45. The molecule has 0 amide bonds. The molecule has 0 saturated carbocycles. The molecule has 2 heterocycles. The number of hydrogen-bond acceptors (Lipinski definition) is 4. The molecule has 1 atom stereocenters. The van der Waals surface area contributed by atoms with Gasteiger partial charge in [0.05, 0.1) is 4.90 Å². The van der Waals surface area contributed by atoms with Crippen LogP contribution in [0.2, 0.25) is 0 Å². The number of sulfonamides is 1. The van der Waals surface area contributed by atoms with Gasteiger partial charge in [0.1, 0.15) is 5.58 Å². The van der Waals surface area contributed by atoms with E-state index in [-0.39, 0.29) is 4.90 Å². The third kappa shape index (κ3) is 2.73. The molecule has 0 radical (unpaired) electrons. The van der Waals surface area contributed by atoms with E-state index in [1.54, 1.807) is 16.4 Å². The van der Waals surface area contributed by atoms with Crippen LogP contribution in [0.3, 0.4) is 0 Å². The van der Waals surface area contributed by atoms with Crippen molar-refractivity contribution >= 4 is 21.0 Å². The highest BCUT2D eigenvalue weighted by Crippen LogP contribution is 2.25. The number of fused-ring (bicyclic) bond motifs is 1. The van der Waals surface area contributed by atoms with Crippen molar-refractivity contribution in [3.8, 4) is 0 Å². The number of piperidine rings is 1. The van der Waals surface area contributed by atoms with Crippen LogP contribution >= 0.6 is 0 Å². The Morgan fingerprint density at radius 2 is 2.05 bits per heavy atom. The molecule has 2 aromatic rings. The van der Waals surface area contributed by atoms with E-state index in [4.69, 9.17) is 4.42 Å². The monoisotopic (exact) mass is 307 g/mol. The summed E-state index contributed by atoms with van der Waals surface area (Å²) >= 11 is 0. The lowest BCUT2D eigenvalue weighted by Gasteiger charge is -2.30. The van der Waals surface area contributed by atoms with Crippen molar-refractivity contribution in [1.29, 1.82) is 0 Å². The zero-order valence-corrected chi connectivity index (χ0v) is 12.6. The number of benzene rings is 1. The highest BCUT2D eigenvalue weighted by Gasteiger charge is 2.28. The van der Waals surface area contributed by atoms with Gasteiger partial charge in [0.25, 0.3) is 0 Å². The Morgan fingerprint density at radius 3 is 2.81 bits per heavy atom. The average molecular weight is 307 g/mol. The van der Waals surface area contributed by atoms with Crippen LogP contribution in [0.4, 0.5) is 0 Å². The largest absolute Gasteiger partial charge is 0.423 e. The van der Waals surface area contributed by atoms with E-state index in [2.05, 4.69) is 6.92 Å². The molecule has 0 spiro atoms. The van der Waals surface area contributed by atoms with Gasteiger partial charge in [-0.1, -0.05) is 6.92 Å². The van der Waals surface area contributed by atoms with E-state index in [0.29, 0.717) is 30.0 Å². The van der Waals surface area contributed by atoms with Crippen LogP contribution in [-0.2, 0) is 10.0 Å². The molecule has 5 nitrogen and oxygen atoms in total. The smallest absolute Gasteiger partial charge is 0.336 e. The molecule has 1 aliphatic heterocycles. The van der Waals surface area contributed by atoms with Gasteiger partial charge in [0.2, 0.25) is 10.0 Å². The summed E-state index contributed by atoms with van der Waals surface area (Å²) in [6.07, 6.45) is 1.96. The van der Waals surface area contributed by atoms with E-state index >= 15 is 0 Å². The molecule has 1 saturated heterocycles. The Hall–Kier alpha value is -1.66. The first-order valence-electron chi connectivity index (χ1n) is 7.01. The zero-order chi connectivity index (χ0) is 15.0. The minimum Gasteiger partial charge on any atom is -0.423 e. The van der Waals surface area contributed by atoms with Crippen molar-refractivity contribution in [1.82, 2.24) is 4.31 Å². The lowest BCUT2D eigenvalue weighted by molar-refractivity contribution is 0.281. The van der Waals surface area contributed by atoms with Crippen LogP contribution in [0.5, 0.6) is 0 Å². The summed E-state index contributed by atoms with van der Waals surface area (Å²) in [4.78, 5) is 11.4. The number of hydrogen-bond donors (Lipinski definition) is 0.